The summed E-state index contributed by atoms with van der Waals surface area (Å²) in [7, 11) is 0. The van der Waals surface area contributed by atoms with Crippen molar-refractivity contribution in [2.45, 2.75) is 6.92 Å². The summed E-state index contributed by atoms with van der Waals surface area (Å²) in [5.41, 5.74) is 0.443. The lowest BCUT2D eigenvalue weighted by Crippen LogP contribution is -2.25. The molecule has 0 fully saturated rings. The lowest BCUT2D eigenvalue weighted by molar-refractivity contribution is -0.140. The number of halogens is 1. The van der Waals surface area contributed by atoms with Gasteiger partial charge in [-0.3, -0.25) is 9.59 Å². The molecule has 0 bridgehead atoms. The Balaban J connectivity index is 2.02. The van der Waals surface area contributed by atoms with Gasteiger partial charge in [0.1, 0.15) is 11.4 Å². The summed E-state index contributed by atoms with van der Waals surface area (Å²) >= 11 is 7.25. The van der Waals surface area contributed by atoms with Crippen LogP contribution in [0.4, 0.5) is 10.8 Å². The molecule has 25 heavy (non-hydrogen) atoms. The first-order chi connectivity index (χ1) is 12.0. The quantitative estimate of drug-likeness (QED) is 0.636. The maximum absolute atomic E-state index is 12.3. The number of esters is 1. The van der Waals surface area contributed by atoms with Crippen LogP contribution >= 0.6 is 22.9 Å². The van der Waals surface area contributed by atoms with E-state index in [0.29, 0.717) is 26.9 Å². The Bertz CT molecular complexity index is 959. The highest BCUT2D eigenvalue weighted by molar-refractivity contribution is 7.21. The first kappa shape index (κ1) is 17.3. The van der Waals surface area contributed by atoms with Crippen LogP contribution in [0, 0.1) is 0 Å². The van der Waals surface area contributed by atoms with Gasteiger partial charge in [-0.25, -0.2) is 4.98 Å². The van der Waals surface area contributed by atoms with Crippen molar-refractivity contribution in [2.75, 3.05) is 18.1 Å². The van der Waals surface area contributed by atoms with Gasteiger partial charge in [0.05, 0.1) is 11.9 Å². The van der Waals surface area contributed by atoms with Gasteiger partial charge in [0.15, 0.2) is 5.13 Å². The van der Waals surface area contributed by atoms with Crippen molar-refractivity contribution >= 4 is 49.9 Å². The van der Waals surface area contributed by atoms with E-state index in [1.165, 1.54) is 18.3 Å². The summed E-state index contributed by atoms with van der Waals surface area (Å²) in [6, 6.07) is 10.5. The van der Waals surface area contributed by atoms with E-state index in [0.717, 1.165) is 5.69 Å². The van der Waals surface area contributed by atoms with Gasteiger partial charge in [0.25, 0.3) is 5.56 Å². The summed E-state index contributed by atoms with van der Waals surface area (Å²) < 4.78 is 5.03. The van der Waals surface area contributed by atoms with Gasteiger partial charge in [-0.2, -0.15) is 4.98 Å². The van der Waals surface area contributed by atoms with Crippen molar-refractivity contribution in [3.63, 3.8) is 0 Å². The van der Waals surface area contributed by atoms with E-state index in [1.807, 2.05) is 12.1 Å². The minimum atomic E-state index is -0.364. The topological polar surface area (TPSA) is 72.4 Å². The fourth-order valence-electron chi connectivity index (χ4n) is 2.24. The second kappa shape index (κ2) is 7.58. The monoisotopic (exact) mass is 375 g/mol. The summed E-state index contributed by atoms with van der Waals surface area (Å²) in [6.07, 6.45) is 1.63. The molecule has 1 aromatic carbocycles. The predicted octanol–water partition coefficient (Wildman–Crippen LogP) is 3.41. The van der Waals surface area contributed by atoms with Crippen LogP contribution in [0.15, 0.2) is 47.4 Å². The van der Waals surface area contributed by atoms with Gasteiger partial charge in [0, 0.05) is 23.8 Å². The number of carbonyl (C=O) groups excluding carboxylic acids is 1. The minimum Gasteiger partial charge on any atom is -0.464 e. The molecule has 128 valence electrons. The highest BCUT2D eigenvalue weighted by atomic mass is 35.5. The second-order valence-corrected chi connectivity index (χ2v) is 6.52. The predicted molar refractivity (Wildman–Crippen MR) is 98.8 cm³/mol. The van der Waals surface area contributed by atoms with Gasteiger partial charge in [-0.1, -0.05) is 22.9 Å². The molecule has 0 atom stereocenters. The number of ether oxygens (including phenoxy) is 1. The second-order valence-electron chi connectivity index (χ2n) is 5.13. The van der Waals surface area contributed by atoms with E-state index in [1.54, 1.807) is 35.4 Å². The minimum absolute atomic E-state index is 0.167. The first-order valence-electron chi connectivity index (χ1n) is 7.47. The molecule has 0 spiro atoms. The molecule has 0 aliphatic heterocycles. The van der Waals surface area contributed by atoms with Crippen molar-refractivity contribution in [1.82, 2.24) is 9.97 Å². The number of rotatable bonds is 5. The summed E-state index contributed by atoms with van der Waals surface area (Å²) in [5.74, 6) is -0.364. The Morgan fingerprint density at radius 2 is 2.04 bits per heavy atom. The fourth-order valence-corrected chi connectivity index (χ4v) is 3.36. The molecule has 0 radical (unpaired) electrons. The van der Waals surface area contributed by atoms with Crippen LogP contribution in [0.25, 0.3) is 10.2 Å². The number of aromatic nitrogens is 2. The zero-order valence-corrected chi connectivity index (χ0v) is 14.9. The summed E-state index contributed by atoms with van der Waals surface area (Å²) in [4.78, 5) is 34.2. The number of pyridine rings is 1. The van der Waals surface area contributed by atoms with Crippen LogP contribution in [-0.4, -0.2) is 29.1 Å². The molecule has 3 rings (SSSR count). The van der Waals surface area contributed by atoms with Gasteiger partial charge in [0.2, 0.25) is 0 Å². The maximum Gasteiger partial charge on any atom is 0.302 e. The number of benzene rings is 1. The van der Waals surface area contributed by atoms with Crippen LogP contribution < -0.4 is 10.5 Å². The molecule has 0 aliphatic rings. The van der Waals surface area contributed by atoms with Gasteiger partial charge in [-0.15, -0.1) is 0 Å². The third-order valence-electron chi connectivity index (χ3n) is 3.38. The van der Waals surface area contributed by atoms with Gasteiger partial charge in [-0.05, 0) is 36.4 Å². The van der Waals surface area contributed by atoms with Crippen LogP contribution in [-0.2, 0) is 9.53 Å². The average Bonchev–Trinajstić information content (AvgIpc) is 2.59. The normalized spacial score (nSPS) is 10.6. The standard InChI is InChI=1S/C17H14ClN3O3S/c1-11(22)24-10-9-21(13-6-4-12(18)5-7-13)17-20-15(23)14-3-2-8-19-16(14)25-17/h2-8H,9-10H2,1H3. The van der Waals surface area contributed by atoms with E-state index >= 15 is 0 Å². The molecule has 0 unspecified atom stereocenters. The van der Waals surface area contributed by atoms with Crippen LogP contribution in [0.2, 0.25) is 5.02 Å². The SMILES string of the molecule is CC(=O)OCCN(c1ccc(Cl)cc1)c1nc(=O)c2cccnc2s1. The largest absolute Gasteiger partial charge is 0.464 e. The van der Waals surface area contributed by atoms with Crippen LogP contribution in [0.3, 0.4) is 0 Å². The smallest absolute Gasteiger partial charge is 0.302 e. The Kier molecular flexibility index (Phi) is 5.25. The number of anilines is 2. The Labute approximate surface area is 152 Å². The van der Waals surface area contributed by atoms with Gasteiger partial charge < -0.3 is 9.64 Å². The highest BCUT2D eigenvalue weighted by Crippen LogP contribution is 2.29. The molecule has 8 heteroatoms. The fraction of sp³-hybridized carbons (Fsp3) is 0.176. The van der Waals surface area contributed by atoms with E-state index in [4.69, 9.17) is 16.3 Å². The molecule has 0 amide bonds. The molecule has 0 saturated carbocycles. The lowest BCUT2D eigenvalue weighted by Gasteiger charge is -2.22. The molecular formula is C17H14ClN3O3S. The van der Waals surface area contributed by atoms with Crippen molar-refractivity contribution in [3.8, 4) is 0 Å². The zero-order valence-electron chi connectivity index (χ0n) is 13.3. The Morgan fingerprint density at radius 1 is 1.28 bits per heavy atom. The van der Waals surface area contributed by atoms with Crippen molar-refractivity contribution in [3.05, 3.63) is 58.0 Å². The molecule has 2 heterocycles. The third kappa shape index (κ3) is 4.12. The first-order valence-corrected chi connectivity index (χ1v) is 8.66. The van der Waals surface area contributed by atoms with Crippen LogP contribution in [0.5, 0.6) is 0 Å². The lowest BCUT2D eigenvalue weighted by atomic mass is 10.3. The van der Waals surface area contributed by atoms with Crippen LogP contribution in [0.1, 0.15) is 6.92 Å². The number of hydrogen-bond acceptors (Lipinski definition) is 7. The molecule has 0 N–H and O–H groups in total. The van der Waals surface area contributed by atoms with Crippen molar-refractivity contribution in [2.24, 2.45) is 0 Å². The van der Waals surface area contributed by atoms with E-state index in [2.05, 4.69) is 9.97 Å². The van der Waals surface area contributed by atoms with Crippen molar-refractivity contribution in [1.29, 1.82) is 0 Å². The third-order valence-corrected chi connectivity index (χ3v) is 4.64. The summed E-state index contributed by atoms with van der Waals surface area (Å²) in [6.45, 7) is 1.87. The number of nitrogens with zero attached hydrogens (tertiary/aromatic N) is 3. The van der Waals surface area contributed by atoms with Crippen molar-refractivity contribution < 1.29 is 9.53 Å². The molecule has 0 aliphatic carbocycles. The zero-order chi connectivity index (χ0) is 17.8. The summed E-state index contributed by atoms with van der Waals surface area (Å²) in [5, 5.41) is 1.56. The highest BCUT2D eigenvalue weighted by Gasteiger charge is 2.15. The van der Waals surface area contributed by atoms with E-state index in [9.17, 15) is 9.59 Å². The molecule has 6 nitrogen and oxygen atoms in total. The van der Waals surface area contributed by atoms with Gasteiger partial charge >= 0.3 is 5.97 Å². The molecule has 3 aromatic rings. The molecular weight excluding hydrogens is 362 g/mol. The Morgan fingerprint density at radius 3 is 2.76 bits per heavy atom. The molecule has 2 aromatic heterocycles. The maximum atomic E-state index is 12.3. The van der Waals surface area contributed by atoms with E-state index in [-0.39, 0.29) is 18.1 Å². The van der Waals surface area contributed by atoms with E-state index < -0.39 is 0 Å². The number of carbonyl (C=O) groups is 1. The molecule has 0 saturated heterocycles. The average molecular weight is 376 g/mol. The number of hydrogen-bond donors (Lipinski definition) is 0. The number of fused-ring (bicyclic) bond motifs is 1. The Hall–Kier alpha value is -2.51.